The van der Waals surface area contributed by atoms with Crippen LogP contribution in [0.1, 0.15) is 20.3 Å². The molecule has 0 saturated carbocycles. The van der Waals surface area contributed by atoms with Gasteiger partial charge in [-0.2, -0.15) is 5.26 Å². The molecule has 1 amide bonds. The van der Waals surface area contributed by atoms with Gasteiger partial charge in [0.2, 0.25) is 5.91 Å². The van der Waals surface area contributed by atoms with Gasteiger partial charge >= 0.3 is 5.97 Å². The van der Waals surface area contributed by atoms with Crippen molar-refractivity contribution in [3.8, 4) is 6.07 Å². The zero-order valence-corrected chi connectivity index (χ0v) is 7.57. The predicted molar refractivity (Wildman–Crippen MR) is 44.6 cm³/mol. The van der Waals surface area contributed by atoms with Crippen molar-refractivity contribution in [1.29, 1.82) is 5.26 Å². The van der Waals surface area contributed by atoms with E-state index < -0.39 is 17.8 Å². The average molecular weight is 184 g/mol. The fourth-order valence-corrected chi connectivity index (χ4v) is 0.668. The Hall–Kier alpha value is -1.57. The summed E-state index contributed by atoms with van der Waals surface area (Å²) in [5.74, 6) is -2.79. The van der Waals surface area contributed by atoms with Crippen molar-refractivity contribution in [3.05, 3.63) is 0 Å². The fourth-order valence-electron chi connectivity index (χ4n) is 0.668. The molecule has 0 aliphatic heterocycles. The van der Waals surface area contributed by atoms with Crippen molar-refractivity contribution in [2.75, 3.05) is 0 Å². The molecule has 0 aliphatic carbocycles. The standard InChI is InChI=1S/C8H12N2O3/c1-5(3-4-9)10-7(11)6(2)8(12)13/h5-6H,3H2,1-2H3,(H,10,11)(H,12,13). The van der Waals surface area contributed by atoms with Crippen LogP contribution in [0.4, 0.5) is 0 Å². The van der Waals surface area contributed by atoms with Crippen LogP contribution in [-0.4, -0.2) is 23.0 Å². The van der Waals surface area contributed by atoms with Gasteiger partial charge in [0.05, 0.1) is 12.5 Å². The number of nitriles is 1. The normalized spacial score (nSPS) is 13.9. The number of hydrogen-bond acceptors (Lipinski definition) is 3. The lowest BCUT2D eigenvalue weighted by molar-refractivity contribution is -0.146. The maximum Gasteiger partial charge on any atom is 0.315 e. The van der Waals surface area contributed by atoms with Crippen molar-refractivity contribution in [3.63, 3.8) is 0 Å². The van der Waals surface area contributed by atoms with Crippen molar-refractivity contribution in [1.82, 2.24) is 5.32 Å². The number of nitrogens with one attached hydrogen (secondary N) is 1. The van der Waals surface area contributed by atoms with Gasteiger partial charge in [-0.25, -0.2) is 0 Å². The van der Waals surface area contributed by atoms with Gasteiger partial charge < -0.3 is 10.4 Å². The molecular formula is C8H12N2O3. The summed E-state index contributed by atoms with van der Waals surface area (Å²) in [5.41, 5.74) is 0. The van der Waals surface area contributed by atoms with E-state index in [1.807, 2.05) is 6.07 Å². The molecule has 13 heavy (non-hydrogen) atoms. The van der Waals surface area contributed by atoms with E-state index in [1.54, 1.807) is 6.92 Å². The highest BCUT2D eigenvalue weighted by Gasteiger charge is 2.21. The highest BCUT2D eigenvalue weighted by Crippen LogP contribution is 1.97. The number of carboxylic acids is 1. The number of amides is 1. The largest absolute Gasteiger partial charge is 0.481 e. The predicted octanol–water partition coefficient (Wildman–Crippen LogP) is 0.125. The van der Waals surface area contributed by atoms with Gasteiger partial charge in [0.15, 0.2) is 0 Å². The van der Waals surface area contributed by atoms with Gasteiger partial charge in [-0.05, 0) is 13.8 Å². The first kappa shape index (κ1) is 11.4. The molecule has 0 spiro atoms. The second-order valence-electron chi connectivity index (χ2n) is 2.83. The Labute approximate surface area is 76.4 Å². The monoisotopic (exact) mass is 184 g/mol. The summed E-state index contributed by atoms with van der Waals surface area (Å²) in [6.45, 7) is 2.95. The van der Waals surface area contributed by atoms with Crippen molar-refractivity contribution in [2.45, 2.75) is 26.3 Å². The molecule has 0 heterocycles. The Morgan fingerprint density at radius 2 is 2.08 bits per heavy atom. The van der Waals surface area contributed by atoms with E-state index in [-0.39, 0.29) is 12.5 Å². The van der Waals surface area contributed by atoms with E-state index in [9.17, 15) is 9.59 Å². The molecule has 0 bridgehead atoms. The van der Waals surface area contributed by atoms with Crippen LogP contribution in [0.3, 0.4) is 0 Å². The quantitative estimate of drug-likeness (QED) is 0.607. The number of nitrogens with zero attached hydrogens (tertiary/aromatic N) is 1. The Kier molecular flexibility index (Phi) is 4.52. The lowest BCUT2D eigenvalue weighted by Crippen LogP contribution is -2.38. The van der Waals surface area contributed by atoms with E-state index in [0.717, 1.165) is 0 Å². The van der Waals surface area contributed by atoms with Gasteiger partial charge in [0.1, 0.15) is 5.92 Å². The smallest absolute Gasteiger partial charge is 0.315 e. The molecule has 2 atom stereocenters. The average Bonchev–Trinajstić information content (AvgIpc) is 2.03. The van der Waals surface area contributed by atoms with Gasteiger partial charge in [0.25, 0.3) is 0 Å². The maximum atomic E-state index is 11.1. The molecule has 0 aliphatic rings. The number of carboxylic acid groups (broad SMARTS) is 1. The Bertz CT molecular complexity index is 244. The van der Waals surface area contributed by atoms with E-state index in [1.165, 1.54) is 6.92 Å². The second-order valence-corrected chi connectivity index (χ2v) is 2.83. The van der Waals surface area contributed by atoms with Crippen LogP contribution >= 0.6 is 0 Å². The molecule has 0 fully saturated rings. The zero-order chi connectivity index (χ0) is 10.4. The van der Waals surface area contributed by atoms with Crippen LogP contribution in [0, 0.1) is 17.2 Å². The van der Waals surface area contributed by atoms with Crippen LogP contribution < -0.4 is 5.32 Å². The number of hydrogen-bond donors (Lipinski definition) is 2. The van der Waals surface area contributed by atoms with Gasteiger partial charge in [-0.15, -0.1) is 0 Å². The molecule has 72 valence electrons. The number of aliphatic carboxylic acids is 1. The van der Waals surface area contributed by atoms with Gasteiger partial charge in [0, 0.05) is 6.04 Å². The van der Waals surface area contributed by atoms with Crippen LogP contribution in [0.25, 0.3) is 0 Å². The minimum Gasteiger partial charge on any atom is -0.481 e. The molecule has 0 aromatic carbocycles. The highest BCUT2D eigenvalue weighted by atomic mass is 16.4. The molecule has 0 rings (SSSR count). The van der Waals surface area contributed by atoms with Crippen LogP contribution in [0.5, 0.6) is 0 Å². The molecule has 0 aromatic heterocycles. The summed E-state index contributed by atoms with van der Waals surface area (Å²) in [5, 5.41) is 19.2. The van der Waals surface area contributed by atoms with E-state index in [0.29, 0.717) is 0 Å². The summed E-state index contributed by atoms with van der Waals surface area (Å²) in [6, 6.07) is 1.57. The minimum absolute atomic E-state index is 0.179. The zero-order valence-electron chi connectivity index (χ0n) is 7.57. The first-order chi connectivity index (χ1) is 5.99. The summed E-state index contributed by atoms with van der Waals surface area (Å²) in [6.07, 6.45) is 0.179. The number of carbonyl (C=O) groups is 2. The molecule has 0 radical (unpaired) electrons. The van der Waals surface area contributed by atoms with Crippen LogP contribution in [-0.2, 0) is 9.59 Å². The van der Waals surface area contributed by atoms with Gasteiger partial charge in [-0.3, -0.25) is 9.59 Å². The third kappa shape index (κ3) is 4.11. The summed E-state index contributed by atoms with van der Waals surface area (Å²) >= 11 is 0. The Morgan fingerprint density at radius 1 is 1.54 bits per heavy atom. The minimum atomic E-state index is -1.17. The summed E-state index contributed by atoms with van der Waals surface area (Å²) < 4.78 is 0. The van der Waals surface area contributed by atoms with Crippen molar-refractivity contribution >= 4 is 11.9 Å². The number of rotatable bonds is 4. The van der Waals surface area contributed by atoms with E-state index in [2.05, 4.69) is 5.32 Å². The van der Waals surface area contributed by atoms with Crippen LogP contribution in [0.15, 0.2) is 0 Å². The third-order valence-electron chi connectivity index (χ3n) is 1.55. The molecule has 2 unspecified atom stereocenters. The van der Waals surface area contributed by atoms with E-state index in [4.69, 9.17) is 10.4 Å². The Balaban J connectivity index is 4.01. The molecule has 5 heteroatoms. The second kappa shape index (κ2) is 5.14. The molecule has 5 nitrogen and oxygen atoms in total. The molecule has 0 aromatic rings. The fraction of sp³-hybridized carbons (Fsp3) is 0.625. The van der Waals surface area contributed by atoms with Crippen molar-refractivity contribution < 1.29 is 14.7 Å². The highest BCUT2D eigenvalue weighted by molar-refractivity contribution is 5.96. The third-order valence-corrected chi connectivity index (χ3v) is 1.55. The maximum absolute atomic E-state index is 11.1. The SMILES string of the molecule is CC(CC#N)NC(=O)C(C)C(=O)O. The first-order valence-corrected chi connectivity index (χ1v) is 3.89. The molecular weight excluding hydrogens is 172 g/mol. The lowest BCUT2D eigenvalue weighted by Gasteiger charge is -2.12. The Morgan fingerprint density at radius 3 is 2.46 bits per heavy atom. The lowest BCUT2D eigenvalue weighted by atomic mass is 10.1. The van der Waals surface area contributed by atoms with Gasteiger partial charge in [-0.1, -0.05) is 0 Å². The first-order valence-electron chi connectivity index (χ1n) is 3.89. The number of carbonyl (C=O) groups excluding carboxylic acids is 1. The van der Waals surface area contributed by atoms with Crippen LogP contribution in [0.2, 0.25) is 0 Å². The summed E-state index contributed by atoms with van der Waals surface area (Å²) in [4.78, 5) is 21.4. The van der Waals surface area contributed by atoms with E-state index >= 15 is 0 Å². The topological polar surface area (TPSA) is 90.2 Å². The molecule has 2 N–H and O–H groups in total. The molecule has 0 saturated heterocycles. The van der Waals surface area contributed by atoms with Crippen molar-refractivity contribution in [2.24, 2.45) is 5.92 Å². The summed E-state index contributed by atoms with van der Waals surface area (Å²) in [7, 11) is 0.